The lowest BCUT2D eigenvalue weighted by molar-refractivity contribution is 0.105. The van der Waals surface area contributed by atoms with Crippen molar-refractivity contribution in [3.63, 3.8) is 0 Å². The second-order valence-electron chi connectivity index (χ2n) is 6.26. The fourth-order valence-corrected chi connectivity index (χ4v) is 3.52. The summed E-state index contributed by atoms with van der Waals surface area (Å²) >= 11 is 0. The average molecular weight is 300 g/mol. The highest BCUT2D eigenvalue weighted by molar-refractivity contribution is 5.39. The standard InChI is InChI=1S/C17H24N4O/c18-11-15-12-20-6-5-17(15)22-13-14-1-3-16(4-2-14)21-9-7-19-8-10-21/h5-6,12,14,16,19H,1-4,7-10,13H2. The summed E-state index contributed by atoms with van der Waals surface area (Å²) in [5.74, 6) is 1.28. The summed E-state index contributed by atoms with van der Waals surface area (Å²) in [6.07, 6.45) is 8.24. The van der Waals surface area contributed by atoms with Gasteiger partial charge in [0.2, 0.25) is 0 Å². The Morgan fingerprint density at radius 3 is 2.77 bits per heavy atom. The van der Waals surface area contributed by atoms with Crippen LogP contribution in [0.5, 0.6) is 5.75 Å². The Kier molecular flexibility index (Phi) is 5.25. The molecule has 1 aromatic rings. The van der Waals surface area contributed by atoms with Crippen LogP contribution < -0.4 is 10.1 Å². The Morgan fingerprint density at radius 1 is 1.27 bits per heavy atom. The number of rotatable bonds is 4. The molecular formula is C17H24N4O. The first-order valence-corrected chi connectivity index (χ1v) is 8.28. The molecule has 2 fully saturated rings. The number of nitrogens with one attached hydrogen (secondary N) is 1. The van der Waals surface area contributed by atoms with Gasteiger partial charge in [-0.25, -0.2) is 0 Å². The van der Waals surface area contributed by atoms with Crippen LogP contribution in [0.1, 0.15) is 31.2 Å². The van der Waals surface area contributed by atoms with Crippen molar-refractivity contribution in [3.8, 4) is 11.8 Å². The molecule has 0 amide bonds. The summed E-state index contributed by atoms with van der Waals surface area (Å²) in [4.78, 5) is 6.60. The van der Waals surface area contributed by atoms with E-state index in [0.29, 0.717) is 23.8 Å². The van der Waals surface area contributed by atoms with E-state index in [1.807, 2.05) is 0 Å². The maximum absolute atomic E-state index is 9.05. The van der Waals surface area contributed by atoms with Crippen LogP contribution in [0.3, 0.4) is 0 Å². The van der Waals surface area contributed by atoms with Crippen LogP contribution in [0, 0.1) is 17.2 Å². The summed E-state index contributed by atoms with van der Waals surface area (Å²) in [6.45, 7) is 5.35. The third-order valence-electron chi connectivity index (χ3n) is 4.86. The van der Waals surface area contributed by atoms with Crippen LogP contribution >= 0.6 is 0 Å². The lowest BCUT2D eigenvalue weighted by Crippen LogP contribution is -2.49. The zero-order valence-electron chi connectivity index (χ0n) is 13.0. The van der Waals surface area contributed by atoms with Gasteiger partial charge in [0.25, 0.3) is 0 Å². The predicted octanol–water partition coefficient (Wildman–Crippen LogP) is 1.80. The molecule has 118 valence electrons. The fourth-order valence-electron chi connectivity index (χ4n) is 3.52. The second kappa shape index (κ2) is 7.57. The number of nitriles is 1. The van der Waals surface area contributed by atoms with Crippen LogP contribution in [0.2, 0.25) is 0 Å². The van der Waals surface area contributed by atoms with Crippen molar-refractivity contribution in [2.45, 2.75) is 31.7 Å². The van der Waals surface area contributed by atoms with Gasteiger partial charge in [0.05, 0.1) is 6.61 Å². The van der Waals surface area contributed by atoms with Crippen molar-refractivity contribution in [1.82, 2.24) is 15.2 Å². The number of pyridine rings is 1. The first-order chi connectivity index (χ1) is 10.9. The molecule has 1 saturated carbocycles. The molecule has 2 heterocycles. The average Bonchev–Trinajstić information content (AvgIpc) is 2.61. The monoisotopic (exact) mass is 300 g/mol. The lowest BCUT2D eigenvalue weighted by atomic mass is 9.85. The van der Waals surface area contributed by atoms with Gasteiger partial charge in [0.1, 0.15) is 17.4 Å². The van der Waals surface area contributed by atoms with Crippen molar-refractivity contribution in [1.29, 1.82) is 5.26 Å². The molecule has 5 heteroatoms. The van der Waals surface area contributed by atoms with Crippen molar-refractivity contribution < 1.29 is 4.74 Å². The Morgan fingerprint density at radius 2 is 2.05 bits per heavy atom. The van der Waals surface area contributed by atoms with Gasteiger partial charge in [0, 0.05) is 44.6 Å². The van der Waals surface area contributed by atoms with Crippen LogP contribution in [-0.4, -0.2) is 48.7 Å². The zero-order valence-corrected chi connectivity index (χ0v) is 13.0. The SMILES string of the molecule is N#Cc1cnccc1OCC1CCC(N2CCNCC2)CC1. The topological polar surface area (TPSA) is 61.2 Å². The number of hydrogen-bond donors (Lipinski definition) is 1. The highest BCUT2D eigenvalue weighted by Gasteiger charge is 2.26. The number of piperazine rings is 1. The molecule has 0 unspecified atom stereocenters. The smallest absolute Gasteiger partial charge is 0.140 e. The van der Waals surface area contributed by atoms with Gasteiger partial charge < -0.3 is 10.1 Å². The molecule has 0 spiro atoms. The maximum atomic E-state index is 9.05. The Bertz CT molecular complexity index is 514. The number of ether oxygens (including phenoxy) is 1. The Labute approximate surface area is 132 Å². The van der Waals surface area contributed by atoms with Crippen LogP contribution in [-0.2, 0) is 0 Å². The van der Waals surface area contributed by atoms with Crippen LogP contribution in [0.4, 0.5) is 0 Å². The van der Waals surface area contributed by atoms with Crippen molar-refractivity contribution in [3.05, 3.63) is 24.0 Å². The van der Waals surface area contributed by atoms with Crippen LogP contribution in [0.15, 0.2) is 18.5 Å². The minimum Gasteiger partial charge on any atom is -0.492 e. The third kappa shape index (κ3) is 3.76. The quantitative estimate of drug-likeness (QED) is 0.918. The lowest BCUT2D eigenvalue weighted by Gasteiger charge is -2.39. The molecule has 3 rings (SSSR count). The van der Waals surface area contributed by atoms with E-state index in [1.54, 1.807) is 18.5 Å². The largest absolute Gasteiger partial charge is 0.492 e. The summed E-state index contributed by atoms with van der Waals surface area (Å²) in [6, 6.07) is 4.67. The predicted molar refractivity (Wildman–Crippen MR) is 84.6 cm³/mol. The van der Waals surface area contributed by atoms with Gasteiger partial charge in [-0.1, -0.05) is 0 Å². The first kappa shape index (κ1) is 15.3. The molecule has 22 heavy (non-hydrogen) atoms. The number of hydrogen-bond acceptors (Lipinski definition) is 5. The number of aromatic nitrogens is 1. The van der Waals surface area contributed by atoms with E-state index in [0.717, 1.165) is 19.1 Å². The molecule has 5 nitrogen and oxygen atoms in total. The summed E-state index contributed by atoms with van der Waals surface area (Å²) < 4.78 is 5.86. The highest BCUT2D eigenvalue weighted by atomic mass is 16.5. The number of nitrogens with zero attached hydrogens (tertiary/aromatic N) is 3. The minimum absolute atomic E-state index is 0.525. The van der Waals surface area contributed by atoms with Gasteiger partial charge in [-0.05, 0) is 37.7 Å². The summed E-state index contributed by atoms with van der Waals surface area (Å²) in [5.41, 5.74) is 0.525. The van der Waals surface area contributed by atoms with E-state index < -0.39 is 0 Å². The van der Waals surface area contributed by atoms with E-state index in [9.17, 15) is 0 Å². The zero-order chi connectivity index (χ0) is 15.2. The molecule has 1 aliphatic carbocycles. The van der Waals surface area contributed by atoms with Crippen LogP contribution in [0.25, 0.3) is 0 Å². The van der Waals surface area contributed by atoms with E-state index in [4.69, 9.17) is 10.00 Å². The van der Waals surface area contributed by atoms with Crippen molar-refractivity contribution in [2.24, 2.45) is 5.92 Å². The van der Waals surface area contributed by atoms with E-state index in [-0.39, 0.29) is 0 Å². The first-order valence-electron chi connectivity index (χ1n) is 8.28. The molecule has 2 aliphatic rings. The van der Waals surface area contributed by atoms with Gasteiger partial charge in [0.15, 0.2) is 0 Å². The molecule has 0 bridgehead atoms. The molecule has 1 N–H and O–H groups in total. The Balaban J connectivity index is 1.45. The Hall–Kier alpha value is -1.64. The maximum Gasteiger partial charge on any atom is 0.140 e. The molecule has 1 saturated heterocycles. The molecule has 0 aromatic carbocycles. The second-order valence-corrected chi connectivity index (χ2v) is 6.26. The van der Waals surface area contributed by atoms with E-state index >= 15 is 0 Å². The molecule has 1 aromatic heterocycles. The van der Waals surface area contributed by atoms with Gasteiger partial charge in [-0.15, -0.1) is 0 Å². The van der Waals surface area contributed by atoms with Crippen molar-refractivity contribution in [2.75, 3.05) is 32.8 Å². The summed E-state index contributed by atoms with van der Waals surface area (Å²) in [5, 5.41) is 12.5. The van der Waals surface area contributed by atoms with Gasteiger partial charge in [-0.3, -0.25) is 9.88 Å². The van der Waals surface area contributed by atoms with Gasteiger partial charge in [-0.2, -0.15) is 5.26 Å². The highest BCUT2D eigenvalue weighted by Crippen LogP contribution is 2.28. The molecule has 0 atom stereocenters. The molecule has 1 aliphatic heterocycles. The molecule has 0 radical (unpaired) electrons. The van der Waals surface area contributed by atoms with Gasteiger partial charge >= 0.3 is 0 Å². The minimum atomic E-state index is 0.525. The normalized spacial score (nSPS) is 26.3. The molecular weight excluding hydrogens is 276 g/mol. The third-order valence-corrected chi connectivity index (χ3v) is 4.86. The van der Waals surface area contributed by atoms with E-state index in [2.05, 4.69) is 21.3 Å². The summed E-state index contributed by atoms with van der Waals surface area (Å²) in [7, 11) is 0. The van der Waals surface area contributed by atoms with E-state index in [1.165, 1.54) is 38.8 Å². The fraction of sp³-hybridized carbons (Fsp3) is 0.647. The van der Waals surface area contributed by atoms with Crippen molar-refractivity contribution >= 4 is 0 Å².